The van der Waals surface area contributed by atoms with E-state index in [2.05, 4.69) is 29.0 Å². The van der Waals surface area contributed by atoms with Crippen molar-refractivity contribution in [1.82, 2.24) is 15.1 Å². The lowest BCUT2D eigenvalue weighted by Crippen LogP contribution is -2.28. The van der Waals surface area contributed by atoms with Crippen LogP contribution < -0.4 is 0 Å². The molecule has 1 saturated heterocycles. The van der Waals surface area contributed by atoms with Crippen LogP contribution in [0, 0.1) is 0 Å². The van der Waals surface area contributed by atoms with Gasteiger partial charge < -0.3 is 14.0 Å². The van der Waals surface area contributed by atoms with Crippen LogP contribution >= 0.6 is 11.3 Å². The summed E-state index contributed by atoms with van der Waals surface area (Å²) >= 11 is 1.49. The Morgan fingerprint density at radius 3 is 2.81 bits per heavy atom. The molecule has 21 heavy (non-hydrogen) atoms. The molecule has 0 aliphatic carbocycles. The molecule has 3 atom stereocenters. The third-order valence-electron chi connectivity index (χ3n) is 3.62. The summed E-state index contributed by atoms with van der Waals surface area (Å²) < 4.78 is 16.3. The van der Waals surface area contributed by atoms with Gasteiger partial charge >= 0.3 is 0 Å². The molecule has 0 bridgehead atoms. The molecule has 0 radical (unpaired) electrons. The second kappa shape index (κ2) is 6.21. The Bertz CT molecular complexity index is 588. The predicted octanol–water partition coefficient (Wildman–Crippen LogP) is 3.01. The summed E-state index contributed by atoms with van der Waals surface area (Å²) in [5, 5.41) is 4.16. The summed E-state index contributed by atoms with van der Waals surface area (Å²) in [5.74, 6) is 1.59. The van der Waals surface area contributed by atoms with Crippen molar-refractivity contribution in [1.29, 1.82) is 0 Å². The molecule has 7 heteroatoms. The Balaban J connectivity index is 1.81. The van der Waals surface area contributed by atoms with Gasteiger partial charge in [0.1, 0.15) is 4.88 Å². The second-order valence-corrected chi connectivity index (χ2v) is 6.30. The first-order valence-electron chi connectivity index (χ1n) is 7.08. The normalized spacial score (nSPS) is 26.1. The van der Waals surface area contributed by atoms with Gasteiger partial charge in [-0.2, -0.15) is 4.98 Å². The number of hydrogen-bond donors (Lipinski definition) is 0. The maximum atomic E-state index is 5.76. The molecule has 6 nitrogen and oxygen atoms in total. The molecular formula is C14H19N3O3S. The maximum Gasteiger partial charge on any atom is 0.270 e. The van der Waals surface area contributed by atoms with Crippen LogP contribution in [0.15, 0.2) is 10.0 Å². The van der Waals surface area contributed by atoms with Gasteiger partial charge in [0, 0.05) is 13.0 Å². The van der Waals surface area contributed by atoms with E-state index in [9.17, 15) is 0 Å². The number of methoxy groups -OCH3 is 1. The number of nitrogens with zero attached hydrogens (tertiary/aromatic N) is 3. The maximum absolute atomic E-state index is 5.76. The van der Waals surface area contributed by atoms with E-state index >= 15 is 0 Å². The van der Waals surface area contributed by atoms with E-state index in [-0.39, 0.29) is 12.2 Å². The quantitative estimate of drug-likeness (QED) is 0.864. The van der Waals surface area contributed by atoms with Gasteiger partial charge in [0.2, 0.25) is 0 Å². The average Bonchev–Trinajstić information content (AvgIpc) is 3.06. The van der Waals surface area contributed by atoms with Crippen molar-refractivity contribution < 1.29 is 14.0 Å². The van der Waals surface area contributed by atoms with E-state index in [0.29, 0.717) is 18.4 Å². The van der Waals surface area contributed by atoms with Gasteiger partial charge in [-0.25, -0.2) is 4.98 Å². The van der Waals surface area contributed by atoms with E-state index in [1.54, 1.807) is 12.6 Å². The monoisotopic (exact) mass is 309 g/mol. The molecule has 1 aliphatic heterocycles. The molecule has 2 aromatic heterocycles. The summed E-state index contributed by atoms with van der Waals surface area (Å²) in [7, 11) is 1.65. The predicted molar refractivity (Wildman–Crippen MR) is 78.1 cm³/mol. The first-order chi connectivity index (χ1) is 10.2. The highest BCUT2D eigenvalue weighted by Crippen LogP contribution is 2.34. The Hall–Kier alpha value is -1.31. The Morgan fingerprint density at radius 2 is 2.10 bits per heavy atom. The highest BCUT2D eigenvalue weighted by atomic mass is 32.1. The summed E-state index contributed by atoms with van der Waals surface area (Å²) in [6.45, 7) is 4.62. The molecule has 0 N–H and O–H groups in total. The van der Waals surface area contributed by atoms with Gasteiger partial charge in [-0.15, -0.1) is 11.3 Å². The zero-order valence-electron chi connectivity index (χ0n) is 12.4. The van der Waals surface area contributed by atoms with Gasteiger partial charge in [-0.05, 0) is 26.7 Å². The van der Waals surface area contributed by atoms with Crippen molar-refractivity contribution in [3.63, 3.8) is 0 Å². The molecule has 2 aromatic rings. The summed E-state index contributed by atoms with van der Waals surface area (Å²) in [4.78, 5) is 9.74. The fourth-order valence-corrected chi connectivity index (χ4v) is 3.51. The van der Waals surface area contributed by atoms with Gasteiger partial charge in [-0.3, -0.25) is 0 Å². The number of thiazole rings is 1. The first kappa shape index (κ1) is 14.6. The number of hydrogen-bond acceptors (Lipinski definition) is 7. The SMILES string of the molecule is COCc1ncsc1-c1nc(C2C[C@@H](C)O[C@@H](C)C2)no1. The molecular weight excluding hydrogens is 290 g/mol. The lowest BCUT2D eigenvalue weighted by molar-refractivity contribution is -0.0393. The highest BCUT2D eigenvalue weighted by Gasteiger charge is 2.29. The van der Waals surface area contributed by atoms with Crippen LogP contribution in [0.2, 0.25) is 0 Å². The number of aromatic nitrogens is 3. The summed E-state index contributed by atoms with van der Waals surface area (Å²) in [6, 6.07) is 0. The molecule has 0 aromatic carbocycles. The van der Waals surface area contributed by atoms with E-state index in [1.165, 1.54) is 11.3 Å². The largest absolute Gasteiger partial charge is 0.378 e. The topological polar surface area (TPSA) is 70.3 Å². The van der Waals surface area contributed by atoms with Crippen LogP contribution in [0.5, 0.6) is 0 Å². The van der Waals surface area contributed by atoms with Crippen LogP contribution in [0.3, 0.4) is 0 Å². The molecule has 114 valence electrons. The van der Waals surface area contributed by atoms with Gasteiger partial charge in [-0.1, -0.05) is 5.16 Å². The first-order valence-corrected chi connectivity index (χ1v) is 7.96. The van der Waals surface area contributed by atoms with Crippen molar-refractivity contribution in [3.05, 3.63) is 17.0 Å². The zero-order chi connectivity index (χ0) is 14.8. The van der Waals surface area contributed by atoms with Gasteiger partial charge in [0.25, 0.3) is 5.89 Å². The molecule has 1 aliphatic rings. The van der Waals surface area contributed by atoms with Crippen LogP contribution in [0.4, 0.5) is 0 Å². The lowest BCUT2D eigenvalue weighted by Gasteiger charge is -2.30. The average molecular weight is 309 g/mol. The van der Waals surface area contributed by atoms with E-state index < -0.39 is 0 Å². The molecule has 3 heterocycles. The van der Waals surface area contributed by atoms with E-state index in [4.69, 9.17) is 14.0 Å². The number of ether oxygens (including phenoxy) is 2. The fraction of sp³-hybridized carbons (Fsp3) is 0.643. The molecule has 1 unspecified atom stereocenters. The summed E-state index contributed by atoms with van der Waals surface area (Å²) in [5.41, 5.74) is 2.61. The van der Waals surface area contributed by atoms with Crippen molar-refractivity contribution in [3.8, 4) is 10.8 Å². The van der Waals surface area contributed by atoms with Crippen LogP contribution in [-0.4, -0.2) is 34.4 Å². The van der Waals surface area contributed by atoms with E-state index in [0.717, 1.165) is 29.2 Å². The zero-order valence-corrected chi connectivity index (χ0v) is 13.2. The third kappa shape index (κ3) is 3.14. The van der Waals surface area contributed by atoms with Crippen LogP contribution in [0.1, 0.15) is 44.1 Å². The minimum Gasteiger partial charge on any atom is -0.378 e. The highest BCUT2D eigenvalue weighted by molar-refractivity contribution is 7.13. The molecule has 1 fully saturated rings. The van der Waals surface area contributed by atoms with Crippen molar-refractivity contribution in [2.45, 2.75) is 51.4 Å². The molecule has 0 spiro atoms. The Kier molecular flexibility index (Phi) is 4.32. The smallest absolute Gasteiger partial charge is 0.270 e. The minimum absolute atomic E-state index is 0.230. The Morgan fingerprint density at radius 1 is 1.33 bits per heavy atom. The standard InChI is InChI=1S/C14H19N3O3S/c1-8-4-10(5-9(2)19-8)13-16-14(20-17-13)12-11(6-18-3)15-7-21-12/h7-10H,4-6H2,1-3H3/t8-,9+,10?. The number of rotatable bonds is 4. The van der Waals surface area contributed by atoms with Gasteiger partial charge in [0.05, 0.1) is 30.0 Å². The van der Waals surface area contributed by atoms with Crippen LogP contribution in [0.25, 0.3) is 10.8 Å². The van der Waals surface area contributed by atoms with Crippen molar-refractivity contribution >= 4 is 11.3 Å². The van der Waals surface area contributed by atoms with E-state index in [1.807, 2.05) is 0 Å². The second-order valence-electron chi connectivity index (χ2n) is 5.44. The van der Waals surface area contributed by atoms with Crippen LogP contribution in [-0.2, 0) is 16.1 Å². The third-order valence-corrected chi connectivity index (χ3v) is 4.48. The Labute approximate surface area is 127 Å². The van der Waals surface area contributed by atoms with Crippen molar-refractivity contribution in [2.75, 3.05) is 7.11 Å². The summed E-state index contributed by atoms with van der Waals surface area (Å²) in [6.07, 6.45) is 2.31. The fourth-order valence-electron chi connectivity index (χ4n) is 2.79. The molecule has 3 rings (SSSR count). The minimum atomic E-state index is 0.230. The van der Waals surface area contributed by atoms with Gasteiger partial charge in [0.15, 0.2) is 5.82 Å². The van der Waals surface area contributed by atoms with Crippen molar-refractivity contribution in [2.24, 2.45) is 0 Å². The molecule has 0 saturated carbocycles. The molecule has 0 amide bonds. The lowest BCUT2D eigenvalue weighted by atomic mass is 9.92.